The van der Waals surface area contributed by atoms with Crippen molar-refractivity contribution in [3.8, 4) is 0 Å². The number of nitrogens with zero attached hydrogens (tertiary/aromatic N) is 1. The van der Waals surface area contributed by atoms with Gasteiger partial charge in [-0.15, -0.1) is 11.8 Å². The van der Waals surface area contributed by atoms with Crippen molar-refractivity contribution in [3.05, 3.63) is 23.9 Å². The maximum absolute atomic E-state index is 8.70. The minimum atomic E-state index is 0.253. The number of hydrogen-bond donors (Lipinski definition) is 2. The van der Waals surface area contributed by atoms with Crippen LogP contribution in [0.5, 0.6) is 0 Å². The molecule has 1 unspecified atom stereocenters. The number of aliphatic hydroxyl groups is 1. The smallest absolute Gasteiger partial charge is 0.0960 e. The highest BCUT2D eigenvalue weighted by Gasteiger charge is 2.04. The van der Waals surface area contributed by atoms with Gasteiger partial charge in [0.15, 0.2) is 0 Å². The van der Waals surface area contributed by atoms with E-state index in [1.165, 1.54) is 5.56 Å². The van der Waals surface area contributed by atoms with Gasteiger partial charge in [-0.2, -0.15) is 0 Å². The van der Waals surface area contributed by atoms with Gasteiger partial charge in [-0.25, -0.2) is 4.98 Å². The van der Waals surface area contributed by atoms with Gasteiger partial charge >= 0.3 is 0 Å². The molecule has 1 aromatic heterocycles. The molecule has 0 fully saturated rings. The molecule has 0 aliphatic heterocycles. The zero-order valence-electron chi connectivity index (χ0n) is 10.6. The fraction of sp³-hybridized carbons (Fsp3) is 0.615. The first-order valence-corrected chi connectivity index (χ1v) is 7.19. The maximum atomic E-state index is 8.70. The Bertz CT molecular complexity index is 303. The molecule has 0 amide bonds. The molecule has 1 atom stereocenters. The number of nitrogens with one attached hydrogen (secondary N) is 1. The largest absolute Gasteiger partial charge is 0.396 e. The van der Waals surface area contributed by atoms with Gasteiger partial charge in [0.1, 0.15) is 0 Å². The van der Waals surface area contributed by atoms with Crippen LogP contribution in [0.3, 0.4) is 0 Å². The Morgan fingerprint density at radius 1 is 1.47 bits per heavy atom. The molecule has 3 nitrogen and oxygen atoms in total. The summed E-state index contributed by atoms with van der Waals surface area (Å²) < 4.78 is 0. The molecule has 0 saturated heterocycles. The van der Waals surface area contributed by atoms with Crippen molar-refractivity contribution >= 4 is 11.8 Å². The number of aliphatic hydroxyl groups excluding tert-OH is 1. The number of hydrogen-bond acceptors (Lipinski definition) is 4. The van der Waals surface area contributed by atoms with Crippen LogP contribution in [0.2, 0.25) is 0 Å². The maximum Gasteiger partial charge on any atom is 0.0960 e. The molecule has 96 valence electrons. The Labute approximate surface area is 108 Å². The molecule has 0 bridgehead atoms. The first kappa shape index (κ1) is 14.5. The molecule has 1 aromatic rings. The van der Waals surface area contributed by atoms with Crippen LogP contribution in [0.1, 0.15) is 38.3 Å². The summed E-state index contributed by atoms with van der Waals surface area (Å²) in [4.78, 5) is 4.42. The van der Waals surface area contributed by atoms with E-state index in [1.807, 2.05) is 6.20 Å². The van der Waals surface area contributed by atoms with E-state index in [1.54, 1.807) is 11.8 Å². The molecular formula is C13H22N2OS. The van der Waals surface area contributed by atoms with Crippen LogP contribution in [0.25, 0.3) is 0 Å². The summed E-state index contributed by atoms with van der Waals surface area (Å²) in [6, 6.07) is 4.54. The van der Waals surface area contributed by atoms with Crippen molar-refractivity contribution in [3.63, 3.8) is 0 Å². The minimum absolute atomic E-state index is 0.253. The fourth-order valence-corrected chi connectivity index (χ4v) is 2.23. The van der Waals surface area contributed by atoms with Crippen LogP contribution >= 0.6 is 11.8 Å². The summed E-state index contributed by atoms with van der Waals surface area (Å²) in [7, 11) is 0. The summed E-state index contributed by atoms with van der Waals surface area (Å²) in [5, 5.41) is 13.2. The summed E-state index contributed by atoms with van der Waals surface area (Å²) in [5.41, 5.74) is 1.23. The molecule has 0 aromatic carbocycles. The Hall–Kier alpha value is -0.580. The molecule has 17 heavy (non-hydrogen) atoms. The Morgan fingerprint density at radius 2 is 2.29 bits per heavy atom. The highest BCUT2D eigenvalue weighted by atomic mass is 32.2. The average Bonchev–Trinajstić information content (AvgIpc) is 2.37. The third kappa shape index (κ3) is 5.52. The molecule has 1 heterocycles. The molecule has 0 spiro atoms. The van der Waals surface area contributed by atoms with Gasteiger partial charge in [0.25, 0.3) is 0 Å². The molecule has 0 radical (unpaired) electrons. The topological polar surface area (TPSA) is 45.1 Å². The zero-order valence-corrected chi connectivity index (χ0v) is 11.5. The van der Waals surface area contributed by atoms with Gasteiger partial charge in [-0.3, -0.25) is 0 Å². The predicted molar refractivity (Wildman–Crippen MR) is 73.4 cm³/mol. The molecular weight excluding hydrogens is 232 g/mol. The molecule has 0 saturated carbocycles. The van der Waals surface area contributed by atoms with Crippen LogP contribution in [0.4, 0.5) is 0 Å². The van der Waals surface area contributed by atoms with E-state index in [9.17, 15) is 0 Å². The van der Waals surface area contributed by atoms with E-state index in [2.05, 4.69) is 36.3 Å². The lowest BCUT2D eigenvalue weighted by molar-refractivity contribution is 0.296. The lowest BCUT2D eigenvalue weighted by Crippen LogP contribution is -2.19. The minimum Gasteiger partial charge on any atom is -0.396 e. The standard InChI is InChI=1S/C13H22N2OS/c1-3-7-14-11(2)12-5-6-13(15-10-12)17-9-4-8-16/h5-6,10-11,14,16H,3-4,7-9H2,1-2H3. The van der Waals surface area contributed by atoms with Crippen LogP contribution in [-0.4, -0.2) is 29.0 Å². The van der Waals surface area contributed by atoms with Crippen molar-refractivity contribution in [1.29, 1.82) is 0 Å². The van der Waals surface area contributed by atoms with Crippen LogP contribution in [0, 0.1) is 0 Å². The number of aromatic nitrogens is 1. The van der Waals surface area contributed by atoms with E-state index >= 15 is 0 Å². The molecule has 4 heteroatoms. The van der Waals surface area contributed by atoms with E-state index in [4.69, 9.17) is 5.11 Å². The second-order valence-corrected chi connectivity index (χ2v) is 5.15. The van der Waals surface area contributed by atoms with Crippen LogP contribution < -0.4 is 5.32 Å². The first-order chi connectivity index (χ1) is 8.27. The summed E-state index contributed by atoms with van der Waals surface area (Å²) in [5.74, 6) is 0.923. The highest BCUT2D eigenvalue weighted by Crippen LogP contribution is 2.18. The van der Waals surface area contributed by atoms with Crippen molar-refractivity contribution in [2.24, 2.45) is 0 Å². The quantitative estimate of drug-likeness (QED) is 0.553. The second kappa shape index (κ2) is 8.50. The third-order valence-electron chi connectivity index (χ3n) is 2.51. The third-order valence-corrected chi connectivity index (χ3v) is 3.54. The van der Waals surface area contributed by atoms with Gasteiger partial charge in [-0.05, 0) is 37.9 Å². The van der Waals surface area contributed by atoms with Gasteiger partial charge in [-0.1, -0.05) is 13.0 Å². The van der Waals surface area contributed by atoms with Crippen molar-refractivity contribution < 1.29 is 5.11 Å². The average molecular weight is 254 g/mol. The van der Waals surface area contributed by atoms with Gasteiger partial charge in [0.2, 0.25) is 0 Å². The summed E-state index contributed by atoms with van der Waals surface area (Å²) >= 11 is 1.69. The molecule has 0 aliphatic rings. The lowest BCUT2D eigenvalue weighted by Gasteiger charge is -2.13. The first-order valence-electron chi connectivity index (χ1n) is 6.21. The molecule has 2 N–H and O–H groups in total. The zero-order chi connectivity index (χ0) is 12.5. The number of rotatable bonds is 8. The van der Waals surface area contributed by atoms with E-state index < -0.39 is 0 Å². The molecule has 1 rings (SSSR count). The normalized spacial score (nSPS) is 12.6. The Kier molecular flexibility index (Phi) is 7.24. The van der Waals surface area contributed by atoms with Crippen LogP contribution in [0.15, 0.2) is 23.4 Å². The number of pyridine rings is 1. The van der Waals surface area contributed by atoms with Crippen LogP contribution in [-0.2, 0) is 0 Å². The highest BCUT2D eigenvalue weighted by molar-refractivity contribution is 7.99. The summed E-state index contributed by atoms with van der Waals surface area (Å²) in [6.07, 6.45) is 3.91. The van der Waals surface area contributed by atoms with Crippen molar-refractivity contribution in [1.82, 2.24) is 10.3 Å². The monoisotopic (exact) mass is 254 g/mol. The molecule has 0 aliphatic carbocycles. The lowest BCUT2D eigenvalue weighted by atomic mass is 10.1. The van der Waals surface area contributed by atoms with E-state index in [-0.39, 0.29) is 6.61 Å². The fourth-order valence-electron chi connectivity index (χ4n) is 1.45. The predicted octanol–water partition coefficient (Wildman–Crippen LogP) is 2.62. The SMILES string of the molecule is CCCNC(C)c1ccc(SCCCO)nc1. The van der Waals surface area contributed by atoms with E-state index in [0.29, 0.717) is 6.04 Å². The second-order valence-electron chi connectivity index (χ2n) is 4.03. The number of thioether (sulfide) groups is 1. The Balaban J connectivity index is 2.43. The van der Waals surface area contributed by atoms with E-state index in [0.717, 1.165) is 30.2 Å². The van der Waals surface area contributed by atoms with Gasteiger partial charge in [0, 0.05) is 24.6 Å². The van der Waals surface area contributed by atoms with Gasteiger partial charge in [0.05, 0.1) is 5.03 Å². The van der Waals surface area contributed by atoms with Crippen molar-refractivity contribution in [2.75, 3.05) is 18.9 Å². The van der Waals surface area contributed by atoms with Crippen molar-refractivity contribution in [2.45, 2.75) is 37.8 Å². The summed E-state index contributed by atoms with van der Waals surface area (Å²) in [6.45, 7) is 5.61. The Morgan fingerprint density at radius 3 is 2.88 bits per heavy atom. The van der Waals surface area contributed by atoms with Gasteiger partial charge < -0.3 is 10.4 Å².